The summed E-state index contributed by atoms with van der Waals surface area (Å²) < 4.78 is 1.70. The minimum Gasteiger partial charge on any atom is -0.344 e. The van der Waals surface area contributed by atoms with Gasteiger partial charge in [0.05, 0.1) is 0 Å². The lowest BCUT2D eigenvalue weighted by molar-refractivity contribution is -0.116. The number of nitrogens with one attached hydrogen (secondary N) is 1. The van der Waals surface area contributed by atoms with Crippen molar-refractivity contribution in [2.45, 2.75) is 20.4 Å². The summed E-state index contributed by atoms with van der Waals surface area (Å²) in [7, 11) is 0. The second-order valence-corrected chi connectivity index (χ2v) is 4.49. The number of para-hydroxylation sites is 1. The number of ketones is 1. The summed E-state index contributed by atoms with van der Waals surface area (Å²) in [4.78, 5) is 23.1. The maximum absolute atomic E-state index is 11.9. The molecule has 0 unspecified atom stereocenters. The number of amides is 1. The fourth-order valence-electron chi connectivity index (χ4n) is 1.82. The standard InChI is InChI=1S/C15H16N2O2/c1-11-5-3-4-6-14(11)16-15(19)10-17-8-7-13(9-17)12(2)18/h3-9H,10H2,1-2H3,(H,16,19). The van der Waals surface area contributed by atoms with Crippen LogP contribution < -0.4 is 5.32 Å². The van der Waals surface area contributed by atoms with Crippen molar-refractivity contribution >= 4 is 17.4 Å². The average Bonchev–Trinajstić information content (AvgIpc) is 2.80. The van der Waals surface area contributed by atoms with Gasteiger partial charge in [0.15, 0.2) is 5.78 Å². The van der Waals surface area contributed by atoms with Gasteiger partial charge in [-0.3, -0.25) is 9.59 Å². The summed E-state index contributed by atoms with van der Waals surface area (Å²) in [6.07, 6.45) is 3.41. The van der Waals surface area contributed by atoms with E-state index in [1.54, 1.807) is 23.0 Å². The van der Waals surface area contributed by atoms with Gasteiger partial charge in [-0.05, 0) is 31.5 Å². The zero-order valence-corrected chi connectivity index (χ0v) is 11.0. The Kier molecular flexibility index (Phi) is 3.80. The van der Waals surface area contributed by atoms with E-state index in [0.717, 1.165) is 11.3 Å². The predicted molar refractivity (Wildman–Crippen MR) is 74.2 cm³/mol. The molecule has 4 nitrogen and oxygen atoms in total. The maximum Gasteiger partial charge on any atom is 0.244 e. The van der Waals surface area contributed by atoms with Crippen molar-refractivity contribution in [2.75, 3.05) is 5.32 Å². The van der Waals surface area contributed by atoms with E-state index in [2.05, 4.69) is 5.32 Å². The first kappa shape index (κ1) is 13.1. The van der Waals surface area contributed by atoms with E-state index in [0.29, 0.717) is 5.56 Å². The Morgan fingerprint density at radius 1 is 1.21 bits per heavy atom. The fraction of sp³-hybridized carbons (Fsp3) is 0.200. The summed E-state index contributed by atoms with van der Waals surface area (Å²) in [6, 6.07) is 9.33. The minimum atomic E-state index is -0.111. The predicted octanol–water partition coefficient (Wildman–Crippen LogP) is 2.64. The van der Waals surface area contributed by atoms with Crippen LogP contribution in [0.4, 0.5) is 5.69 Å². The van der Waals surface area contributed by atoms with Crippen molar-refractivity contribution < 1.29 is 9.59 Å². The normalized spacial score (nSPS) is 10.2. The van der Waals surface area contributed by atoms with E-state index in [-0.39, 0.29) is 18.2 Å². The van der Waals surface area contributed by atoms with E-state index in [9.17, 15) is 9.59 Å². The quantitative estimate of drug-likeness (QED) is 0.855. The molecule has 0 saturated carbocycles. The summed E-state index contributed by atoms with van der Waals surface area (Å²) in [6.45, 7) is 3.65. The van der Waals surface area contributed by atoms with E-state index in [4.69, 9.17) is 0 Å². The lowest BCUT2D eigenvalue weighted by Gasteiger charge is -2.08. The lowest BCUT2D eigenvalue weighted by atomic mass is 10.2. The third kappa shape index (κ3) is 3.31. The SMILES string of the molecule is CC(=O)c1ccn(CC(=O)Nc2ccccc2C)c1. The molecule has 1 aromatic carbocycles. The van der Waals surface area contributed by atoms with Crippen LogP contribution >= 0.6 is 0 Å². The van der Waals surface area contributed by atoms with E-state index in [1.807, 2.05) is 31.2 Å². The lowest BCUT2D eigenvalue weighted by Crippen LogP contribution is -2.18. The molecule has 1 N–H and O–H groups in total. The third-order valence-electron chi connectivity index (χ3n) is 2.90. The van der Waals surface area contributed by atoms with Gasteiger partial charge in [0.1, 0.15) is 6.54 Å². The molecule has 0 aliphatic rings. The van der Waals surface area contributed by atoms with Crippen molar-refractivity contribution in [3.8, 4) is 0 Å². The molecule has 2 aromatic rings. The number of Topliss-reactive ketones (excluding diaryl/α,β-unsaturated/α-hetero) is 1. The summed E-state index contributed by atoms with van der Waals surface area (Å²) in [5.41, 5.74) is 2.45. The molecule has 0 atom stereocenters. The molecule has 0 fully saturated rings. The first-order valence-corrected chi connectivity index (χ1v) is 6.08. The van der Waals surface area contributed by atoms with Crippen LogP contribution in [0.5, 0.6) is 0 Å². The molecule has 0 saturated heterocycles. The van der Waals surface area contributed by atoms with Gasteiger partial charge < -0.3 is 9.88 Å². The summed E-state index contributed by atoms with van der Waals surface area (Å²) >= 11 is 0. The Bertz CT molecular complexity index is 614. The highest BCUT2D eigenvalue weighted by Crippen LogP contribution is 2.13. The Balaban J connectivity index is 2.01. The van der Waals surface area contributed by atoms with Crippen LogP contribution in [0.15, 0.2) is 42.7 Å². The molecule has 98 valence electrons. The van der Waals surface area contributed by atoms with E-state index in [1.165, 1.54) is 6.92 Å². The van der Waals surface area contributed by atoms with Crippen molar-refractivity contribution in [3.05, 3.63) is 53.9 Å². The van der Waals surface area contributed by atoms with Crippen molar-refractivity contribution in [3.63, 3.8) is 0 Å². The number of nitrogens with zero attached hydrogens (tertiary/aromatic N) is 1. The first-order chi connectivity index (χ1) is 9.06. The van der Waals surface area contributed by atoms with Gasteiger partial charge >= 0.3 is 0 Å². The van der Waals surface area contributed by atoms with Crippen LogP contribution in [-0.2, 0) is 11.3 Å². The number of carbonyl (C=O) groups excluding carboxylic acids is 2. The van der Waals surface area contributed by atoms with Crippen molar-refractivity contribution in [1.29, 1.82) is 0 Å². The van der Waals surface area contributed by atoms with Gasteiger partial charge in [-0.25, -0.2) is 0 Å². The van der Waals surface area contributed by atoms with Crippen molar-refractivity contribution in [2.24, 2.45) is 0 Å². The van der Waals surface area contributed by atoms with Gasteiger partial charge in [-0.15, -0.1) is 0 Å². The molecule has 0 aliphatic heterocycles. The molecule has 4 heteroatoms. The molecular weight excluding hydrogens is 240 g/mol. The number of benzene rings is 1. The topological polar surface area (TPSA) is 51.1 Å². The van der Waals surface area contributed by atoms with E-state index < -0.39 is 0 Å². The van der Waals surface area contributed by atoms with Crippen LogP contribution in [0.2, 0.25) is 0 Å². The highest BCUT2D eigenvalue weighted by Gasteiger charge is 2.07. The highest BCUT2D eigenvalue weighted by molar-refractivity contribution is 5.94. The monoisotopic (exact) mass is 256 g/mol. The molecule has 0 bridgehead atoms. The number of hydrogen-bond acceptors (Lipinski definition) is 2. The number of aromatic nitrogens is 1. The molecule has 0 spiro atoms. The molecule has 0 radical (unpaired) electrons. The van der Waals surface area contributed by atoms with Gasteiger partial charge in [-0.1, -0.05) is 18.2 Å². The maximum atomic E-state index is 11.9. The Labute approximate surface area is 112 Å². The van der Waals surface area contributed by atoms with Crippen molar-refractivity contribution in [1.82, 2.24) is 4.57 Å². The van der Waals surface area contributed by atoms with Gasteiger partial charge in [0, 0.05) is 23.6 Å². The summed E-state index contributed by atoms with van der Waals surface area (Å²) in [5, 5.41) is 2.85. The Morgan fingerprint density at radius 3 is 2.58 bits per heavy atom. The average molecular weight is 256 g/mol. The molecule has 0 aliphatic carbocycles. The Morgan fingerprint density at radius 2 is 1.95 bits per heavy atom. The number of anilines is 1. The Hall–Kier alpha value is -2.36. The third-order valence-corrected chi connectivity index (χ3v) is 2.90. The smallest absolute Gasteiger partial charge is 0.244 e. The zero-order chi connectivity index (χ0) is 13.8. The molecule has 19 heavy (non-hydrogen) atoms. The number of rotatable bonds is 4. The number of aryl methyl sites for hydroxylation is 1. The molecule has 1 heterocycles. The zero-order valence-electron chi connectivity index (χ0n) is 11.0. The molecular formula is C15H16N2O2. The van der Waals surface area contributed by atoms with Gasteiger partial charge in [0.2, 0.25) is 5.91 Å². The largest absolute Gasteiger partial charge is 0.344 e. The minimum absolute atomic E-state index is 0.00179. The van der Waals surface area contributed by atoms with Crippen LogP contribution in [0.1, 0.15) is 22.8 Å². The highest BCUT2D eigenvalue weighted by atomic mass is 16.2. The van der Waals surface area contributed by atoms with Crippen LogP contribution in [-0.4, -0.2) is 16.3 Å². The van der Waals surface area contributed by atoms with Gasteiger partial charge in [-0.2, -0.15) is 0 Å². The van der Waals surface area contributed by atoms with Gasteiger partial charge in [0.25, 0.3) is 0 Å². The van der Waals surface area contributed by atoms with Crippen LogP contribution in [0, 0.1) is 6.92 Å². The van der Waals surface area contributed by atoms with Crippen LogP contribution in [0.3, 0.4) is 0 Å². The second-order valence-electron chi connectivity index (χ2n) is 4.49. The molecule has 2 rings (SSSR count). The number of carbonyl (C=O) groups is 2. The van der Waals surface area contributed by atoms with Crippen LogP contribution in [0.25, 0.3) is 0 Å². The fourth-order valence-corrected chi connectivity index (χ4v) is 1.82. The molecule has 1 aromatic heterocycles. The molecule has 1 amide bonds. The first-order valence-electron chi connectivity index (χ1n) is 6.08. The second kappa shape index (κ2) is 5.52. The number of hydrogen-bond donors (Lipinski definition) is 1. The van der Waals surface area contributed by atoms with E-state index >= 15 is 0 Å². The summed E-state index contributed by atoms with van der Waals surface area (Å²) in [5.74, 6) is -0.113.